The lowest BCUT2D eigenvalue weighted by molar-refractivity contribution is -0.140. The van der Waals surface area contributed by atoms with Gasteiger partial charge in [0.25, 0.3) is 5.91 Å². The highest BCUT2D eigenvalue weighted by Crippen LogP contribution is 2.37. The van der Waals surface area contributed by atoms with Crippen LogP contribution in [0.4, 0.5) is 5.69 Å². The Labute approximate surface area is 177 Å². The quantitative estimate of drug-likeness (QED) is 0.648. The number of methoxy groups -OCH3 is 1. The van der Waals surface area contributed by atoms with Gasteiger partial charge in [-0.2, -0.15) is 0 Å². The van der Waals surface area contributed by atoms with Gasteiger partial charge in [0.15, 0.2) is 0 Å². The molecule has 0 saturated carbocycles. The van der Waals surface area contributed by atoms with Crippen LogP contribution in [-0.4, -0.2) is 37.9 Å². The summed E-state index contributed by atoms with van der Waals surface area (Å²) in [5.74, 6) is -1.15. The fraction of sp³-hybridized carbons (Fsp3) is 0.286. The van der Waals surface area contributed by atoms with Crippen molar-refractivity contribution in [1.29, 1.82) is 0 Å². The van der Waals surface area contributed by atoms with Gasteiger partial charge < -0.3 is 20.3 Å². The molecule has 2 N–H and O–H groups in total. The van der Waals surface area contributed by atoms with E-state index in [9.17, 15) is 14.4 Å². The van der Waals surface area contributed by atoms with Crippen LogP contribution in [-0.2, 0) is 20.8 Å². The zero-order valence-electron chi connectivity index (χ0n) is 16.2. The van der Waals surface area contributed by atoms with E-state index in [1.54, 1.807) is 18.1 Å². The number of anilines is 1. The minimum atomic E-state index is -0.880. The highest BCUT2D eigenvalue weighted by molar-refractivity contribution is 9.10. The molecule has 1 aliphatic heterocycles. The summed E-state index contributed by atoms with van der Waals surface area (Å²) >= 11 is 3.39. The number of nitrogens with one attached hydrogen (secondary N) is 2. The summed E-state index contributed by atoms with van der Waals surface area (Å²) in [5.41, 5.74) is 2.34. The number of nitrogens with zero attached hydrogens (tertiary/aromatic N) is 1. The van der Waals surface area contributed by atoms with Crippen LogP contribution in [0.5, 0.6) is 5.75 Å². The number of hydrogen-bond acceptors (Lipinski definition) is 4. The van der Waals surface area contributed by atoms with Crippen molar-refractivity contribution in [3.63, 3.8) is 0 Å². The predicted molar refractivity (Wildman–Crippen MR) is 113 cm³/mol. The number of benzene rings is 2. The molecule has 8 heteroatoms. The maximum absolute atomic E-state index is 12.7. The smallest absolute Gasteiger partial charge is 0.310 e. The molecule has 0 aromatic heterocycles. The van der Waals surface area contributed by atoms with Crippen molar-refractivity contribution < 1.29 is 19.1 Å². The fourth-order valence-electron chi connectivity index (χ4n) is 3.37. The third-order valence-electron chi connectivity index (χ3n) is 4.77. The SMILES string of the molecule is CCN1C(=O)C(NC(=O)C(=O)NCCc2ccccc2OC)c2cc(Br)ccc21. The van der Waals surface area contributed by atoms with E-state index in [-0.39, 0.29) is 12.5 Å². The first-order valence-corrected chi connectivity index (χ1v) is 10.1. The van der Waals surface area contributed by atoms with Crippen LogP contribution >= 0.6 is 15.9 Å². The van der Waals surface area contributed by atoms with Gasteiger partial charge in [0, 0.05) is 28.8 Å². The van der Waals surface area contributed by atoms with Crippen molar-refractivity contribution in [2.24, 2.45) is 0 Å². The van der Waals surface area contributed by atoms with Crippen molar-refractivity contribution in [2.45, 2.75) is 19.4 Å². The lowest BCUT2D eigenvalue weighted by atomic mass is 10.1. The zero-order valence-corrected chi connectivity index (χ0v) is 17.8. The van der Waals surface area contributed by atoms with Crippen molar-refractivity contribution in [3.8, 4) is 5.75 Å². The van der Waals surface area contributed by atoms with Crippen LogP contribution in [0, 0.1) is 0 Å². The van der Waals surface area contributed by atoms with Crippen LogP contribution in [0.2, 0.25) is 0 Å². The van der Waals surface area contributed by atoms with Gasteiger partial charge in [-0.3, -0.25) is 14.4 Å². The van der Waals surface area contributed by atoms with Crippen molar-refractivity contribution in [2.75, 3.05) is 25.1 Å². The van der Waals surface area contributed by atoms with E-state index in [0.29, 0.717) is 18.5 Å². The highest BCUT2D eigenvalue weighted by atomic mass is 79.9. The van der Waals surface area contributed by atoms with Crippen LogP contribution < -0.4 is 20.3 Å². The molecule has 3 amide bonds. The van der Waals surface area contributed by atoms with Gasteiger partial charge in [0.05, 0.1) is 7.11 Å². The molecule has 1 unspecified atom stereocenters. The number of carbonyl (C=O) groups excluding carboxylic acids is 3. The summed E-state index contributed by atoms with van der Waals surface area (Å²) in [5, 5.41) is 5.15. The summed E-state index contributed by atoms with van der Waals surface area (Å²) in [7, 11) is 1.58. The number of amides is 3. The van der Waals surface area contributed by atoms with Gasteiger partial charge in [0.1, 0.15) is 11.8 Å². The molecule has 152 valence electrons. The first-order valence-electron chi connectivity index (χ1n) is 9.27. The topological polar surface area (TPSA) is 87.7 Å². The Bertz CT molecular complexity index is 947. The van der Waals surface area contributed by atoms with Gasteiger partial charge >= 0.3 is 11.8 Å². The predicted octanol–water partition coefficient (Wildman–Crippen LogP) is 2.34. The Morgan fingerprint density at radius 3 is 2.66 bits per heavy atom. The fourth-order valence-corrected chi connectivity index (χ4v) is 3.75. The van der Waals surface area contributed by atoms with Crippen molar-refractivity contribution in [3.05, 3.63) is 58.1 Å². The summed E-state index contributed by atoms with van der Waals surface area (Å²) in [6, 6.07) is 12.0. The Morgan fingerprint density at radius 1 is 1.17 bits per heavy atom. The monoisotopic (exact) mass is 459 g/mol. The summed E-state index contributed by atoms with van der Waals surface area (Å²) < 4.78 is 6.07. The number of likely N-dealkylation sites (N-methyl/N-ethyl adjacent to an activating group) is 1. The first kappa shape index (κ1) is 20.9. The Balaban J connectivity index is 1.62. The van der Waals surface area contributed by atoms with E-state index in [2.05, 4.69) is 26.6 Å². The third-order valence-corrected chi connectivity index (χ3v) is 5.27. The second kappa shape index (κ2) is 9.09. The second-order valence-corrected chi connectivity index (χ2v) is 7.43. The van der Waals surface area contributed by atoms with E-state index in [1.807, 2.05) is 43.3 Å². The number of rotatable bonds is 6. The number of fused-ring (bicyclic) bond motifs is 1. The summed E-state index contributed by atoms with van der Waals surface area (Å²) in [6.07, 6.45) is 0.519. The number of hydrogen-bond donors (Lipinski definition) is 2. The van der Waals surface area contributed by atoms with E-state index in [0.717, 1.165) is 21.5 Å². The molecule has 2 aromatic rings. The first-order chi connectivity index (χ1) is 14.0. The molecule has 0 saturated heterocycles. The Hall–Kier alpha value is -2.87. The van der Waals surface area contributed by atoms with Gasteiger partial charge in [-0.1, -0.05) is 34.1 Å². The number of para-hydroxylation sites is 1. The maximum Gasteiger partial charge on any atom is 0.310 e. The molecular formula is C21H22BrN3O4. The van der Waals surface area contributed by atoms with Crippen molar-refractivity contribution >= 4 is 39.3 Å². The normalized spacial score (nSPS) is 15.1. The van der Waals surface area contributed by atoms with Crippen LogP contribution in [0.3, 0.4) is 0 Å². The second-order valence-electron chi connectivity index (χ2n) is 6.51. The highest BCUT2D eigenvalue weighted by Gasteiger charge is 2.38. The summed E-state index contributed by atoms with van der Waals surface area (Å²) in [4.78, 5) is 38.9. The maximum atomic E-state index is 12.7. The van der Waals surface area contributed by atoms with Crippen LogP contribution in [0.15, 0.2) is 46.9 Å². The average molecular weight is 460 g/mol. The molecule has 0 bridgehead atoms. The molecule has 1 aliphatic rings. The van der Waals surface area contributed by atoms with Crippen LogP contribution in [0.25, 0.3) is 0 Å². The number of ether oxygens (including phenoxy) is 1. The standard InChI is InChI=1S/C21H22BrN3O4/c1-3-25-16-9-8-14(22)12-15(16)18(21(25)28)24-20(27)19(26)23-11-10-13-6-4-5-7-17(13)29-2/h4-9,12,18H,3,10-11H2,1-2H3,(H,23,26)(H,24,27). The minimum absolute atomic E-state index is 0.254. The molecule has 0 radical (unpaired) electrons. The molecule has 2 aromatic carbocycles. The zero-order chi connectivity index (χ0) is 21.0. The number of halogens is 1. The molecule has 1 atom stereocenters. The van der Waals surface area contributed by atoms with E-state index in [4.69, 9.17) is 4.74 Å². The van der Waals surface area contributed by atoms with Crippen molar-refractivity contribution in [1.82, 2.24) is 10.6 Å². The molecule has 0 spiro atoms. The van der Waals surface area contributed by atoms with Gasteiger partial charge in [-0.05, 0) is 43.2 Å². The molecule has 0 aliphatic carbocycles. The van der Waals surface area contributed by atoms with Crippen LogP contribution in [0.1, 0.15) is 24.1 Å². The molecular weight excluding hydrogens is 438 g/mol. The van der Waals surface area contributed by atoms with E-state index < -0.39 is 17.9 Å². The average Bonchev–Trinajstić information content (AvgIpc) is 2.98. The molecule has 7 nitrogen and oxygen atoms in total. The molecule has 1 heterocycles. The minimum Gasteiger partial charge on any atom is -0.496 e. The van der Waals surface area contributed by atoms with Gasteiger partial charge in [-0.15, -0.1) is 0 Å². The summed E-state index contributed by atoms with van der Waals surface area (Å²) in [6.45, 7) is 2.61. The van der Waals surface area contributed by atoms with E-state index in [1.165, 1.54) is 0 Å². The third kappa shape index (κ3) is 4.42. The molecule has 29 heavy (non-hydrogen) atoms. The largest absolute Gasteiger partial charge is 0.496 e. The Kier molecular flexibility index (Phi) is 6.53. The molecule has 0 fully saturated rings. The number of carbonyl (C=O) groups is 3. The Morgan fingerprint density at radius 2 is 1.93 bits per heavy atom. The van der Waals surface area contributed by atoms with E-state index >= 15 is 0 Å². The van der Waals surface area contributed by atoms with Gasteiger partial charge in [-0.25, -0.2) is 0 Å². The lowest BCUT2D eigenvalue weighted by Crippen LogP contribution is -2.44. The lowest BCUT2D eigenvalue weighted by Gasteiger charge is -2.15. The molecule has 3 rings (SSSR count). The van der Waals surface area contributed by atoms with Gasteiger partial charge in [0.2, 0.25) is 0 Å².